The summed E-state index contributed by atoms with van der Waals surface area (Å²) in [6, 6.07) is 1.48. The Hall–Kier alpha value is -1.82. The summed E-state index contributed by atoms with van der Waals surface area (Å²) in [5, 5.41) is 8.62. The first-order valence-electron chi connectivity index (χ1n) is 5.36. The topological polar surface area (TPSA) is 94.7 Å². The monoisotopic (exact) mass is 240 g/mol. The molecule has 0 aliphatic carbocycles. The molecule has 0 aromatic carbocycles. The van der Waals surface area contributed by atoms with Gasteiger partial charge in [-0.15, -0.1) is 0 Å². The van der Waals surface area contributed by atoms with Crippen LogP contribution >= 0.6 is 0 Å². The van der Waals surface area contributed by atoms with Crippen LogP contribution < -0.4 is 10.5 Å². The molecule has 0 radical (unpaired) electrons. The maximum Gasteiger partial charge on any atom is 0.340 e. The van der Waals surface area contributed by atoms with Gasteiger partial charge in [0.1, 0.15) is 5.69 Å². The Balaban J connectivity index is 2.79. The zero-order valence-corrected chi connectivity index (χ0v) is 9.68. The van der Waals surface area contributed by atoms with Gasteiger partial charge in [-0.3, -0.25) is 0 Å². The van der Waals surface area contributed by atoms with Crippen molar-refractivity contribution in [1.82, 2.24) is 4.98 Å². The standard InChI is InChI=1S/C11H16N2O4/c1-2-16-11(15)8-4-5-13-10(9(8)12)17-7-3-6-14/h4-5,14H,2-3,6-7,12H2,1H3. The summed E-state index contributed by atoms with van der Waals surface area (Å²) in [5.74, 6) is -0.316. The predicted molar refractivity (Wildman–Crippen MR) is 61.8 cm³/mol. The van der Waals surface area contributed by atoms with Crippen LogP contribution in [-0.4, -0.2) is 35.9 Å². The Morgan fingerprint density at radius 1 is 1.59 bits per heavy atom. The van der Waals surface area contributed by atoms with Gasteiger partial charge in [-0.05, 0) is 13.0 Å². The minimum atomic E-state index is -0.501. The highest BCUT2D eigenvalue weighted by atomic mass is 16.5. The molecular weight excluding hydrogens is 224 g/mol. The molecule has 0 unspecified atom stereocenters. The molecule has 0 amide bonds. The van der Waals surface area contributed by atoms with Crippen LogP contribution in [0, 0.1) is 0 Å². The van der Waals surface area contributed by atoms with Crippen molar-refractivity contribution in [2.24, 2.45) is 0 Å². The minimum absolute atomic E-state index is 0.0253. The van der Waals surface area contributed by atoms with Crippen LogP contribution in [0.4, 0.5) is 5.69 Å². The molecule has 6 heteroatoms. The predicted octanol–water partition coefficient (Wildman–Crippen LogP) is 0.602. The molecule has 0 aliphatic heterocycles. The fourth-order valence-electron chi connectivity index (χ4n) is 1.19. The molecule has 0 aliphatic rings. The number of pyridine rings is 1. The minimum Gasteiger partial charge on any atom is -0.476 e. The Labute approximate surface area is 99.4 Å². The molecule has 1 heterocycles. The SMILES string of the molecule is CCOC(=O)c1ccnc(OCCCO)c1N. The first-order chi connectivity index (χ1) is 8.20. The largest absolute Gasteiger partial charge is 0.476 e. The number of aliphatic hydroxyl groups is 1. The molecule has 0 saturated carbocycles. The summed E-state index contributed by atoms with van der Waals surface area (Å²) in [4.78, 5) is 15.4. The van der Waals surface area contributed by atoms with E-state index >= 15 is 0 Å². The fraction of sp³-hybridized carbons (Fsp3) is 0.455. The van der Waals surface area contributed by atoms with Crippen LogP contribution in [-0.2, 0) is 4.74 Å². The van der Waals surface area contributed by atoms with Gasteiger partial charge in [0.15, 0.2) is 0 Å². The summed E-state index contributed by atoms with van der Waals surface area (Å²) >= 11 is 0. The molecule has 0 saturated heterocycles. The number of hydrogen-bond donors (Lipinski definition) is 2. The number of nitrogens with two attached hydrogens (primary N) is 1. The average molecular weight is 240 g/mol. The van der Waals surface area contributed by atoms with E-state index in [-0.39, 0.29) is 30.3 Å². The second kappa shape index (κ2) is 6.70. The molecule has 1 aromatic rings. The summed E-state index contributed by atoms with van der Waals surface area (Å²) in [7, 11) is 0. The zero-order chi connectivity index (χ0) is 12.7. The maximum atomic E-state index is 11.5. The van der Waals surface area contributed by atoms with E-state index in [2.05, 4.69) is 4.98 Å². The molecule has 1 aromatic heterocycles. The third-order valence-corrected chi connectivity index (χ3v) is 1.99. The van der Waals surface area contributed by atoms with Crippen molar-refractivity contribution in [3.05, 3.63) is 17.8 Å². The van der Waals surface area contributed by atoms with Gasteiger partial charge in [0.25, 0.3) is 0 Å². The van der Waals surface area contributed by atoms with Gasteiger partial charge < -0.3 is 20.3 Å². The number of aliphatic hydroxyl groups excluding tert-OH is 1. The number of esters is 1. The Morgan fingerprint density at radius 3 is 3.00 bits per heavy atom. The molecule has 94 valence electrons. The number of carbonyl (C=O) groups is 1. The molecule has 0 bridgehead atoms. The molecule has 17 heavy (non-hydrogen) atoms. The molecular formula is C11H16N2O4. The van der Waals surface area contributed by atoms with Crippen molar-refractivity contribution in [3.63, 3.8) is 0 Å². The number of rotatable bonds is 6. The number of ether oxygens (including phenoxy) is 2. The summed E-state index contributed by atoms with van der Waals surface area (Å²) in [5.41, 5.74) is 6.14. The van der Waals surface area contributed by atoms with Gasteiger partial charge in [0, 0.05) is 19.2 Å². The Kier molecular flexibility index (Phi) is 5.22. The van der Waals surface area contributed by atoms with Crippen molar-refractivity contribution in [2.75, 3.05) is 25.6 Å². The summed E-state index contributed by atoms with van der Waals surface area (Å²) in [6.45, 7) is 2.31. The van der Waals surface area contributed by atoms with Crippen LogP contribution in [0.3, 0.4) is 0 Å². The highest BCUT2D eigenvalue weighted by Crippen LogP contribution is 2.22. The van der Waals surface area contributed by atoms with Gasteiger partial charge in [-0.25, -0.2) is 9.78 Å². The van der Waals surface area contributed by atoms with E-state index in [1.165, 1.54) is 12.3 Å². The van der Waals surface area contributed by atoms with Gasteiger partial charge >= 0.3 is 5.97 Å². The molecule has 0 fully saturated rings. The van der Waals surface area contributed by atoms with Gasteiger partial charge in [-0.1, -0.05) is 0 Å². The average Bonchev–Trinajstić information content (AvgIpc) is 2.32. The number of carbonyl (C=O) groups excluding carboxylic acids is 1. The smallest absolute Gasteiger partial charge is 0.340 e. The second-order valence-electron chi connectivity index (χ2n) is 3.22. The lowest BCUT2D eigenvalue weighted by molar-refractivity contribution is 0.0527. The van der Waals surface area contributed by atoms with E-state index in [1.807, 2.05) is 0 Å². The first kappa shape index (κ1) is 13.2. The molecule has 0 atom stereocenters. The third kappa shape index (κ3) is 3.60. The van der Waals surface area contributed by atoms with Gasteiger partial charge in [0.05, 0.1) is 18.8 Å². The molecule has 1 rings (SSSR count). The normalized spacial score (nSPS) is 10.0. The molecule has 3 N–H and O–H groups in total. The molecule has 0 spiro atoms. The van der Waals surface area contributed by atoms with E-state index in [0.717, 1.165) is 0 Å². The highest BCUT2D eigenvalue weighted by Gasteiger charge is 2.15. The number of anilines is 1. The van der Waals surface area contributed by atoms with Crippen LogP contribution in [0.2, 0.25) is 0 Å². The van der Waals surface area contributed by atoms with Gasteiger partial charge in [0.2, 0.25) is 5.88 Å². The zero-order valence-electron chi connectivity index (χ0n) is 9.68. The lowest BCUT2D eigenvalue weighted by atomic mass is 10.2. The van der Waals surface area contributed by atoms with E-state index < -0.39 is 5.97 Å². The van der Waals surface area contributed by atoms with Crippen LogP contribution in [0.15, 0.2) is 12.3 Å². The summed E-state index contributed by atoms with van der Waals surface area (Å²) in [6.07, 6.45) is 1.90. The van der Waals surface area contributed by atoms with Crippen LogP contribution in [0.1, 0.15) is 23.7 Å². The van der Waals surface area contributed by atoms with Gasteiger partial charge in [-0.2, -0.15) is 0 Å². The second-order valence-corrected chi connectivity index (χ2v) is 3.22. The third-order valence-electron chi connectivity index (χ3n) is 1.99. The highest BCUT2D eigenvalue weighted by molar-refractivity contribution is 5.96. The van der Waals surface area contributed by atoms with Crippen molar-refractivity contribution < 1.29 is 19.4 Å². The van der Waals surface area contributed by atoms with E-state index in [1.54, 1.807) is 6.92 Å². The van der Waals surface area contributed by atoms with E-state index in [0.29, 0.717) is 13.0 Å². The number of hydrogen-bond acceptors (Lipinski definition) is 6. The lowest BCUT2D eigenvalue weighted by Gasteiger charge is -2.10. The molecule has 6 nitrogen and oxygen atoms in total. The van der Waals surface area contributed by atoms with Crippen LogP contribution in [0.5, 0.6) is 5.88 Å². The Morgan fingerprint density at radius 2 is 2.35 bits per heavy atom. The quantitative estimate of drug-likeness (QED) is 0.558. The number of nitrogens with zero attached hydrogens (tertiary/aromatic N) is 1. The lowest BCUT2D eigenvalue weighted by Crippen LogP contribution is -2.11. The van der Waals surface area contributed by atoms with E-state index in [4.69, 9.17) is 20.3 Å². The van der Waals surface area contributed by atoms with Crippen molar-refractivity contribution in [3.8, 4) is 5.88 Å². The maximum absolute atomic E-state index is 11.5. The van der Waals surface area contributed by atoms with E-state index in [9.17, 15) is 4.79 Å². The van der Waals surface area contributed by atoms with Crippen molar-refractivity contribution in [2.45, 2.75) is 13.3 Å². The summed E-state index contributed by atoms with van der Waals surface area (Å²) < 4.78 is 10.1. The van der Waals surface area contributed by atoms with Crippen molar-refractivity contribution >= 4 is 11.7 Å². The first-order valence-corrected chi connectivity index (χ1v) is 5.36. The number of nitrogen functional groups attached to an aromatic ring is 1. The fourth-order valence-corrected chi connectivity index (χ4v) is 1.19. The van der Waals surface area contributed by atoms with Crippen LogP contribution in [0.25, 0.3) is 0 Å². The van der Waals surface area contributed by atoms with Crippen molar-refractivity contribution in [1.29, 1.82) is 0 Å². The number of aromatic nitrogens is 1. The Bertz CT molecular complexity index is 382.